The Morgan fingerprint density at radius 2 is 2.29 bits per heavy atom. The van der Waals surface area contributed by atoms with E-state index < -0.39 is 6.10 Å². The highest BCUT2D eigenvalue weighted by Crippen LogP contribution is 2.16. The summed E-state index contributed by atoms with van der Waals surface area (Å²) in [6, 6.07) is 0. The lowest BCUT2D eigenvalue weighted by Gasteiger charge is -2.09. The summed E-state index contributed by atoms with van der Waals surface area (Å²) in [5, 5.41) is 17.3. The molecule has 1 unspecified atom stereocenters. The molecule has 0 aliphatic carbocycles. The molecule has 0 aromatic carbocycles. The predicted molar refractivity (Wildman–Crippen MR) is 56.1 cm³/mol. The third-order valence-electron chi connectivity index (χ3n) is 2.22. The number of hydrogen-bond donors (Lipinski definition) is 2. The van der Waals surface area contributed by atoms with Crippen LogP contribution in [0, 0.1) is 0 Å². The summed E-state index contributed by atoms with van der Waals surface area (Å²) >= 11 is 0. The van der Waals surface area contributed by atoms with Crippen molar-refractivity contribution in [3.63, 3.8) is 0 Å². The summed E-state index contributed by atoms with van der Waals surface area (Å²) in [6.07, 6.45) is 2.30. The summed E-state index contributed by atoms with van der Waals surface area (Å²) in [7, 11) is 1.88. The van der Waals surface area contributed by atoms with Crippen LogP contribution >= 0.6 is 0 Å². The summed E-state index contributed by atoms with van der Waals surface area (Å²) in [5.41, 5.74) is 1.92. The Morgan fingerprint density at radius 1 is 1.57 bits per heavy atom. The Bertz CT molecular complexity index is 283. The molecule has 0 aliphatic heterocycles. The lowest BCUT2D eigenvalue weighted by Crippen LogP contribution is -2.21. The van der Waals surface area contributed by atoms with Crippen molar-refractivity contribution in [1.29, 1.82) is 0 Å². The smallest absolute Gasteiger partial charge is 0.0947 e. The number of aliphatic hydroxyl groups is 1. The van der Waals surface area contributed by atoms with Crippen LogP contribution in [0.2, 0.25) is 0 Å². The highest BCUT2D eigenvalue weighted by Gasteiger charge is 2.14. The van der Waals surface area contributed by atoms with Gasteiger partial charge in [-0.3, -0.25) is 4.68 Å². The normalized spacial score (nSPS) is 13.1. The average molecular weight is 197 g/mol. The van der Waals surface area contributed by atoms with Crippen LogP contribution in [0.15, 0.2) is 6.20 Å². The van der Waals surface area contributed by atoms with Crippen LogP contribution in [0.1, 0.15) is 31.2 Å². The molecule has 0 radical (unpaired) electrons. The zero-order valence-corrected chi connectivity index (χ0v) is 9.12. The first-order valence-electron chi connectivity index (χ1n) is 5.10. The Hall–Kier alpha value is -0.870. The molecule has 1 atom stereocenters. The first-order chi connectivity index (χ1) is 6.69. The SMILES string of the molecule is CCNCC(O)c1cn(C)nc1CC. The molecule has 1 aromatic heterocycles. The van der Waals surface area contributed by atoms with Gasteiger partial charge in [0.25, 0.3) is 0 Å². The van der Waals surface area contributed by atoms with Crippen LogP contribution in [0.3, 0.4) is 0 Å². The summed E-state index contributed by atoms with van der Waals surface area (Å²) in [4.78, 5) is 0. The van der Waals surface area contributed by atoms with Crippen molar-refractivity contribution in [2.45, 2.75) is 26.4 Å². The van der Waals surface area contributed by atoms with E-state index in [1.807, 2.05) is 27.1 Å². The van der Waals surface area contributed by atoms with E-state index in [0.717, 1.165) is 24.2 Å². The van der Waals surface area contributed by atoms with Gasteiger partial charge in [0.2, 0.25) is 0 Å². The highest BCUT2D eigenvalue weighted by atomic mass is 16.3. The number of likely N-dealkylation sites (N-methyl/N-ethyl adjacent to an activating group) is 1. The molecule has 1 heterocycles. The maximum atomic E-state index is 9.86. The minimum atomic E-state index is -0.446. The lowest BCUT2D eigenvalue weighted by molar-refractivity contribution is 0.174. The van der Waals surface area contributed by atoms with Crippen LogP contribution in [0.4, 0.5) is 0 Å². The largest absolute Gasteiger partial charge is 0.387 e. The second kappa shape index (κ2) is 5.12. The van der Waals surface area contributed by atoms with Crippen molar-refractivity contribution < 1.29 is 5.11 Å². The van der Waals surface area contributed by atoms with Gasteiger partial charge in [0.05, 0.1) is 11.8 Å². The molecule has 80 valence electrons. The van der Waals surface area contributed by atoms with Gasteiger partial charge in [0.1, 0.15) is 0 Å². The van der Waals surface area contributed by atoms with E-state index >= 15 is 0 Å². The quantitative estimate of drug-likeness (QED) is 0.727. The van der Waals surface area contributed by atoms with E-state index in [1.54, 1.807) is 4.68 Å². The van der Waals surface area contributed by atoms with Crippen molar-refractivity contribution in [3.8, 4) is 0 Å². The number of nitrogens with one attached hydrogen (secondary N) is 1. The summed E-state index contributed by atoms with van der Waals surface area (Å²) in [6.45, 7) is 5.54. The minimum Gasteiger partial charge on any atom is -0.387 e. The van der Waals surface area contributed by atoms with Crippen LogP contribution in [-0.4, -0.2) is 28.0 Å². The molecule has 0 bridgehead atoms. The van der Waals surface area contributed by atoms with Crippen molar-refractivity contribution in [3.05, 3.63) is 17.5 Å². The Kier molecular flexibility index (Phi) is 4.10. The molecule has 0 amide bonds. The van der Waals surface area contributed by atoms with Crippen LogP contribution in [-0.2, 0) is 13.5 Å². The van der Waals surface area contributed by atoms with E-state index in [-0.39, 0.29) is 0 Å². The van der Waals surface area contributed by atoms with Gasteiger partial charge >= 0.3 is 0 Å². The van der Waals surface area contributed by atoms with Gasteiger partial charge in [-0.2, -0.15) is 5.10 Å². The molecule has 0 saturated heterocycles. The van der Waals surface area contributed by atoms with E-state index in [0.29, 0.717) is 6.54 Å². The maximum Gasteiger partial charge on any atom is 0.0947 e. The van der Waals surface area contributed by atoms with Gasteiger partial charge in [-0.25, -0.2) is 0 Å². The van der Waals surface area contributed by atoms with E-state index in [9.17, 15) is 5.11 Å². The van der Waals surface area contributed by atoms with Crippen molar-refractivity contribution in [1.82, 2.24) is 15.1 Å². The third kappa shape index (κ3) is 2.56. The molecule has 0 saturated carbocycles. The van der Waals surface area contributed by atoms with Crippen molar-refractivity contribution in [2.75, 3.05) is 13.1 Å². The molecular weight excluding hydrogens is 178 g/mol. The molecule has 0 fully saturated rings. The van der Waals surface area contributed by atoms with Gasteiger partial charge in [0.15, 0.2) is 0 Å². The average Bonchev–Trinajstić information content (AvgIpc) is 2.56. The zero-order valence-electron chi connectivity index (χ0n) is 9.12. The van der Waals surface area contributed by atoms with E-state index in [1.165, 1.54) is 0 Å². The van der Waals surface area contributed by atoms with Gasteiger partial charge < -0.3 is 10.4 Å². The number of nitrogens with zero attached hydrogens (tertiary/aromatic N) is 2. The molecular formula is C10H19N3O. The van der Waals surface area contributed by atoms with Crippen molar-refractivity contribution in [2.24, 2.45) is 7.05 Å². The van der Waals surface area contributed by atoms with Gasteiger partial charge in [-0.1, -0.05) is 13.8 Å². The molecule has 4 heteroatoms. The van der Waals surface area contributed by atoms with E-state index in [2.05, 4.69) is 10.4 Å². The molecule has 2 N–H and O–H groups in total. The van der Waals surface area contributed by atoms with Crippen LogP contribution in [0.5, 0.6) is 0 Å². The topological polar surface area (TPSA) is 50.1 Å². The van der Waals surface area contributed by atoms with Crippen LogP contribution in [0.25, 0.3) is 0 Å². The predicted octanol–water partition coefficient (Wildman–Crippen LogP) is 0.625. The zero-order chi connectivity index (χ0) is 10.6. The molecule has 0 aliphatic rings. The fraction of sp³-hybridized carbons (Fsp3) is 0.700. The number of hydrogen-bond acceptors (Lipinski definition) is 3. The third-order valence-corrected chi connectivity index (χ3v) is 2.22. The standard InChI is InChI=1S/C10H19N3O/c1-4-9-8(7-13(3)12-9)10(14)6-11-5-2/h7,10-11,14H,4-6H2,1-3H3. The number of aliphatic hydroxyl groups excluding tert-OH is 1. The Morgan fingerprint density at radius 3 is 2.86 bits per heavy atom. The molecule has 14 heavy (non-hydrogen) atoms. The van der Waals surface area contributed by atoms with Gasteiger partial charge in [-0.05, 0) is 13.0 Å². The maximum absolute atomic E-state index is 9.86. The Labute approximate surface area is 84.9 Å². The van der Waals surface area contributed by atoms with Crippen LogP contribution < -0.4 is 5.32 Å². The summed E-state index contributed by atoms with van der Waals surface area (Å²) < 4.78 is 1.75. The second-order valence-corrected chi connectivity index (χ2v) is 3.38. The second-order valence-electron chi connectivity index (χ2n) is 3.38. The van der Waals surface area contributed by atoms with Crippen molar-refractivity contribution >= 4 is 0 Å². The van der Waals surface area contributed by atoms with Gasteiger partial charge in [0, 0.05) is 25.4 Å². The van der Waals surface area contributed by atoms with E-state index in [4.69, 9.17) is 0 Å². The first kappa shape index (κ1) is 11.2. The van der Waals surface area contributed by atoms with Gasteiger partial charge in [-0.15, -0.1) is 0 Å². The molecule has 4 nitrogen and oxygen atoms in total. The fourth-order valence-corrected chi connectivity index (χ4v) is 1.50. The first-order valence-corrected chi connectivity index (χ1v) is 5.10. The lowest BCUT2D eigenvalue weighted by atomic mass is 10.1. The monoisotopic (exact) mass is 197 g/mol. The number of rotatable bonds is 5. The highest BCUT2D eigenvalue weighted by molar-refractivity contribution is 5.20. The molecule has 0 spiro atoms. The molecule has 1 aromatic rings. The fourth-order valence-electron chi connectivity index (χ4n) is 1.50. The minimum absolute atomic E-state index is 0.446. The molecule has 1 rings (SSSR count). The number of aromatic nitrogens is 2. The summed E-state index contributed by atoms with van der Waals surface area (Å²) in [5.74, 6) is 0. The number of aryl methyl sites for hydroxylation is 2. The Balaban J connectivity index is 2.72.